The normalized spacial score (nSPS) is 19.2. The van der Waals surface area contributed by atoms with Gasteiger partial charge in [0, 0.05) is 58.5 Å². The third-order valence-electron chi connectivity index (χ3n) is 4.68. The van der Waals surface area contributed by atoms with Crippen LogP contribution in [0.3, 0.4) is 0 Å². The summed E-state index contributed by atoms with van der Waals surface area (Å²) in [4.78, 5) is 40.8. The molecule has 2 aliphatic rings. The topological polar surface area (TPSA) is 60.9 Å². The SMILES string of the molecule is O=C(CCN1C(=O)CCC1=O)N1CCN(Cc2ccccc2)CC1. The van der Waals surface area contributed by atoms with Gasteiger partial charge in [0.15, 0.2) is 0 Å². The van der Waals surface area contributed by atoms with E-state index in [0.29, 0.717) is 13.1 Å². The van der Waals surface area contributed by atoms with Crippen molar-refractivity contribution in [2.45, 2.75) is 25.8 Å². The Balaban J connectivity index is 1.42. The molecule has 2 saturated heterocycles. The zero-order chi connectivity index (χ0) is 16.9. The van der Waals surface area contributed by atoms with E-state index in [2.05, 4.69) is 17.0 Å². The van der Waals surface area contributed by atoms with E-state index in [1.54, 1.807) is 0 Å². The maximum Gasteiger partial charge on any atom is 0.229 e. The highest BCUT2D eigenvalue weighted by Crippen LogP contribution is 2.13. The van der Waals surface area contributed by atoms with Gasteiger partial charge in [-0.3, -0.25) is 24.2 Å². The summed E-state index contributed by atoms with van der Waals surface area (Å²) in [6.07, 6.45) is 0.798. The van der Waals surface area contributed by atoms with Crippen LogP contribution in [0.15, 0.2) is 30.3 Å². The van der Waals surface area contributed by atoms with Crippen LogP contribution in [0, 0.1) is 0 Å². The van der Waals surface area contributed by atoms with Crippen molar-refractivity contribution >= 4 is 17.7 Å². The van der Waals surface area contributed by atoms with Gasteiger partial charge in [-0.25, -0.2) is 0 Å². The van der Waals surface area contributed by atoms with E-state index in [-0.39, 0.29) is 43.5 Å². The van der Waals surface area contributed by atoms with Crippen molar-refractivity contribution in [1.29, 1.82) is 0 Å². The highest BCUT2D eigenvalue weighted by Gasteiger charge is 2.30. The Kier molecular flexibility index (Phi) is 5.25. The molecule has 3 amide bonds. The maximum absolute atomic E-state index is 12.3. The fourth-order valence-electron chi connectivity index (χ4n) is 3.23. The Hall–Kier alpha value is -2.21. The second-order valence-electron chi connectivity index (χ2n) is 6.33. The van der Waals surface area contributed by atoms with Crippen LogP contribution in [-0.4, -0.2) is 65.1 Å². The third-order valence-corrected chi connectivity index (χ3v) is 4.68. The first-order valence-corrected chi connectivity index (χ1v) is 8.51. The maximum atomic E-state index is 12.3. The van der Waals surface area contributed by atoms with Crippen molar-refractivity contribution in [1.82, 2.24) is 14.7 Å². The lowest BCUT2D eigenvalue weighted by Gasteiger charge is -2.35. The van der Waals surface area contributed by atoms with Crippen LogP contribution in [-0.2, 0) is 20.9 Å². The molecule has 0 saturated carbocycles. The lowest BCUT2D eigenvalue weighted by atomic mass is 10.2. The first kappa shape index (κ1) is 16.6. The average Bonchev–Trinajstić information content (AvgIpc) is 2.92. The minimum Gasteiger partial charge on any atom is -0.340 e. The van der Waals surface area contributed by atoms with Crippen LogP contribution in [0.25, 0.3) is 0 Å². The minimum absolute atomic E-state index is 0.0295. The third kappa shape index (κ3) is 4.00. The van der Waals surface area contributed by atoms with E-state index in [4.69, 9.17) is 0 Å². The van der Waals surface area contributed by atoms with Crippen molar-refractivity contribution in [3.63, 3.8) is 0 Å². The number of carbonyl (C=O) groups is 3. The van der Waals surface area contributed by atoms with E-state index >= 15 is 0 Å². The summed E-state index contributed by atoms with van der Waals surface area (Å²) in [5, 5.41) is 0. The molecule has 0 unspecified atom stereocenters. The van der Waals surface area contributed by atoms with Crippen LogP contribution < -0.4 is 0 Å². The second-order valence-corrected chi connectivity index (χ2v) is 6.33. The summed E-state index contributed by atoms with van der Waals surface area (Å²) >= 11 is 0. The van der Waals surface area contributed by atoms with Crippen molar-refractivity contribution in [2.24, 2.45) is 0 Å². The number of hydrogen-bond donors (Lipinski definition) is 0. The average molecular weight is 329 g/mol. The quantitative estimate of drug-likeness (QED) is 0.752. The summed E-state index contributed by atoms with van der Waals surface area (Å²) < 4.78 is 0. The predicted molar refractivity (Wildman–Crippen MR) is 88.9 cm³/mol. The molecule has 3 rings (SSSR count). The Morgan fingerprint density at radius 2 is 1.54 bits per heavy atom. The summed E-state index contributed by atoms with van der Waals surface area (Å²) in [6.45, 7) is 4.23. The van der Waals surface area contributed by atoms with E-state index in [1.165, 1.54) is 10.5 Å². The molecule has 0 aromatic heterocycles. The van der Waals surface area contributed by atoms with Crippen LogP contribution in [0.5, 0.6) is 0 Å². The molecule has 1 aromatic carbocycles. The molecule has 0 aliphatic carbocycles. The molecule has 6 heteroatoms. The Bertz CT molecular complexity index is 593. The van der Waals surface area contributed by atoms with Crippen LogP contribution in [0.1, 0.15) is 24.8 Å². The molecule has 2 aliphatic heterocycles. The van der Waals surface area contributed by atoms with Gasteiger partial charge in [-0.15, -0.1) is 0 Å². The zero-order valence-electron chi connectivity index (χ0n) is 13.8. The van der Waals surface area contributed by atoms with Gasteiger partial charge in [0.1, 0.15) is 0 Å². The van der Waals surface area contributed by atoms with Crippen molar-refractivity contribution in [2.75, 3.05) is 32.7 Å². The molecule has 24 heavy (non-hydrogen) atoms. The van der Waals surface area contributed by atoms with E-state index in [9.17, 15) is 14.4 Å². The monoisotopic (exact) mass is 329 g/mol. The number of piperazine rings is 1. The fraction of sp³-hybridized carbons (Fsp3) is 0.500. The summed E-state index contributed by atoms with van der Waals surface area (Å²) in [5.74, 6) is -0.275. The Labute approximate surface area is 142 Å². The van der Waals surface area contributed by atoms with Crippen LogP contribution in [0.4, 0.5) is 0 Å². The first-order valence-electron chi connectivity index (χ1n) is 8.51. The lowest BCUT2D eigenvalue weighted by molar-refractivity contribution is -0.139. The van der Waals surface area contributed by atoms with E-state index < -0.39 is 0 Å². The standard InChI is InChI=1S/C18H23N3O3/c22-16(8-9-21-17(23)6-7-18(21)24)20-12-10-19(11-13-20)14-15-4-2-1-3-5-15/h1-5H,6-14H2. The number of amides is 3. The first-order chi connectivity index (χ1) is 11.6. The summed E-state index contributed by atoms with van der Waals surface area (Å²) in [7, 11) is 0. The number of imide groups is 1. The molecular weight excluding hydrogens is 306 g/mol. The van der Waals surface area contributed by atoms with Gasteiger partial charge in [-0.05, 0) is 5.56 Å². The molecule has 2 heterocycles. The van der Waals surface area contributed by atoms with Gasteiger partial charge in [0.05, 0.1) is 0 Å². The van der Waals surface area contributed by atoms with Gasteiger partial charge in [-0.1, -0.05) is 30.3 Å². The number of likely N-dealkylation sites (tertiary alicyclic amines) is 1. The van der Waals surface area contributed by atoms with Crippen molar-refractivity contribution in [3.05, 3.63) is 35.9 Å². The molecule has 0 spiro atoms. The number of hydrogen-bond acceptors (Lipinski definition) is 4. The van der Waals surface area contributed by atoms with E-state index in [1.807, 2.05) is 23.1 Å². The highest BCUT2D eigenvalue weighted by atomic mass is 16.2. The molecule has 0 atom stereocenters. The van der Waals surface area contributed by atoms with Gasteiger partial charge in [-0.2, -0.15) is 0 Å². The van der Waals surface area contributed by atoms with Crippen molar-refractivity contribution < 1.29 is 14.4 Å². The Morgan fingerprint density at radius 1 is 0.917 bits per heavy atom. The Morgan fingerprint density at radius 3 is 2.17 bits per heavy atom. The zero-order valence-corrected chi connectivity index (χ0v) is 13.8. The molecule has 1 aromatic rings. The van der Waals surface area contributed by atoms with Crippen LogP contribution in [0.2, 0.25) is 0 Å². The smallest absolute Gasteiger partial charge is 0.229 e. The molecule has 128 valence electrons. The summed E-state index contributed by atoms with van der Waals surface area (Å²) in [6, 6.07) is 10.3. The second kappa shape index (κ2) is 7.57. The lowest BCUT2D eigenvalue weighted by Crippen LogP contribution is -2.49. The molecule has 0 N–H and O–H groups in total. The van der Waals surface area contributed by atoms with Crippen LogP contribution >= 0.6 is 0 Å². The number of carbonyl (C=O) groups excluding carboxylic acids is 3. The van der Waals surface area contributed by atoms with Gasteiger partial charge >= 0.3 is 0 Å². The van der Waals surface area contributed by atoms with Crippen molar-refractivity contribution in [3.8, 4) is 0 Å². The molecule has 6 nitrogen and oxygen atoms in total. The molecular formula is C18H23N3O3. The van der Waals surface area contributed by atoms with E-state index in [0.717, 1.165) is 19.6 Å². The van der Waals surface area contributed by atoms with Gasteiger partial charge in [0.2, 0.25) is 17.7 Å². The molecule has 2 fully saturated rings. The fourth-order valence-corrected chi connectivity index (χ4v) is 3.23. The largest absolute Gasteiger partial charge is 0.340 e. The number of nitrogens with zero attached hydrogens (tertiary/aromatic N) is 3. The molecule has 0 bridgehead atoms. The number of benzene rings is 1. The predicted octanol–water partition coefficient (Wildman–Crippen LogP) is 0.870. The highest BCUT2D eigenvalue weighted by molar-refractivity contribution is 6.02. The summed E-state index contributed by atoms with van der Waals surface area (Å²) in [5.41, 5.74) is 1.28. The minimum atomic E-state index is -0.152. The number of rotatable bonds is 5. The van der Waals surface area contributed by atoms with Gasteiger partial charge < -0.3 is 4.90 Å². The molecule has 0 radical (unpaired) electrons. The van der Waals surface area contributed by atoms with Gasteiger partial charge in [0.25, 0.3) is 0 Å².